The lowest BCUT2D eigenvalue weighted by Crippen LogP contribution is -2.19. The van der Waals surface area contributed by atoms with E-state index in [0.29, 0.717) is 0 Å². The van der Waals surface area contributed by atoms with E-state index in [4.69, 9.17) is 0 Å². The minimum absolute atomic E-state index is 0.293. The molecule has 0 saturated heterocycles. The molecule has 4 aromatic rings. The molecule has 0 aromatic heterocycles. The summed E-state index contributed by atoms with van der Waals surface area (Å²) in [5.74, 6) is 0. The largest absolute Gasteiger partial charge is 0.0652 e. The summed E-state index contributed by atoms with van der Waals surface area (Å²) in [7, 11) is 0. The Morgan fingerprint density at radius 2 is 0.793 bits per heavy atom. The zero-order valence-electron chi connectivity index (χ0n) is 16.2. The molecule has 0 bridgehead atoms. The molecule has 0 N–H and O–H groups in total. The van der Waals surface area contributed by atoms with Crippen LogP contribution < -0.4 is 0 Å². The predicted molar refractivity (Wildman–Crippen MR) is 124 cm³/mol. The van der Waals surface area contributed by atoms with Crippen molar-refractivity contribution in [2.45, 2.75) is 5.41 Å². The van der Waals surface area contributed by atoms with Gasteiger partial charge < -0.3 is 0 Å². The molecule has 4 aromatic carbocycles. The molecule has 0 heterocycles. The van der Waals surface area contributed by atoms with E-state index in [2.05, 4.69) is 133 Å². The second kappa shape index (κ2) is 7.41. The molecular weight excluding hydrogens is 348 g/mol. The minimum atomic E-state index is -0.293. The quantitative estimate of drug-likeness (QED) is 0.351. The molecule has 0 aliphatic heterocycles. The Balaban J connectivity index is 1.73. The molecule has 0 heteroatoms. The molecule has 29 heavy (non-hydrogen) atoms. The summed E-state index contributed by atoms with van der Waals surface area (Å²) in [6.07, 6.45) is 9.20. The highest BCUT2D eigenvalue weighted by molar-refractivity contribution is 5.85. The van der Waals surface area contributed by atoms with Crippen molar-refractivity contribution in [3.05, 3.63) is 144 Å². The van der Waals surface area contributed by atoms with Gasteiger partial charge in [-0.1, -0.05) is 133 Å². The van der Waals surface area contributed by atoms with Gasteiger partial charge in [0.25, 0.3) is 0 Å². The molecule has 0 nitrogen and oxygen atoms in total. The van der Waals surface area contributed by atoms with Crippen LogP contribution in [0.4, 0.5) is 0 Å². The molecule has 0 unspecified atom stereocenters. The predicted octanol–water partition coefficient (Wildman–Crippen LogP) is 7.38. The van der Waals surface area contributed by atoms with Crippen LogP contribution in [0.25, 0.3) is 23.3 Å². The maximum atomic E-state index is 2.35. The number of rotatable bonds is 4. The monoisotopic (exact) mass is 370 g/mol. The number of allylic oxidation sites excluding steroid dienone is 2. The molecule has 0 radical (unpaired) electrons. The summed E-state index contributed by atoms with van der Waals surface area (Å²) in [6, 6.07) is 38.6. The molecule has 1 aliphatic rings. The van der Waals surface area contributed by atoms with Crippen molar-refractivity contribution in [2.75, 3.05) is 0 Å². The van der Waals surface area contributed by atoms with Crippen molar-refractivity contribution >= 4 is 12.2 Å². The number of hydrogen-bond acceptors (Lipinski definition) is 0. The lowest BCUT2D eigenvalue weighted by Gasteiger charge is -2.25. The maximum Gasteiger partial charge on any atom is 0.0581 e. The molecule has 1 aliphatic carbocycles. The third kappa shape index (κ3) is 3.13. The fraction of sp³-hybridized carbons (Fsp3) is 0.0345. The van der Waals surface area contributed by atoms with E-state index >= 15 is 0 Å². The molecule has 0 amide bonds. The van der Waals surface area contributed by atoms with E-state index in [1.54, 1.807) is 0 Å². The van der Waals surface area contributed by atoms with Gasteiger partial charge in [-0.2, -0.15) is 0 Å². The molecule has 0 spiro atoms. The van der Waals surface area contributed by atoms with Gasteiger partial charge in [0, 0.05) is 0 Å². The SMILES string of the molecule is C(=CC1(C=Cc2ccccc2)c2ccccc2-c2ccccc21)c1ccccc1. The number of hydrogen-bond donors (Lipinski definition) is 0. The fourth-order valence-corrected chi connectivity index (χ4v) is 4.30. The Morgan fingerprint density at radius 1 is 0.414 bits per heavy atom. The van der Waals surface area contributed by atoms with Crippen molar-refractivity contribution in [2.24, 2.45) is 0 Å². The summed E-state index contributed by atoms with van der Waals surface area (Å²) in [5.41, 5.74) is 7.43. The standard InChI is InChI=1S/C29H22/c1-3-11-23(12-4-1)19-21-29(22-20-24-13-5-2-6-14-24)27-17-9-7-15-25(27)26-16-8-10-18-28(26)29/h1-22H. The van der Waals surface area contributed by atoms with E-state index in [1.807, 2.05) is 0 Å². The van der Waals surface area contributed by atoms with Gasteiger partial charge in [0.15, 0.2) is 0 Å². The van der Waals surface area contributed by atoms with Gasteiger partial charge >= 0.3 is 0 Å². The Labute approximate surface area is 172 Å². The molecule has 0 saturated carbocycles. The zero-order chi connectivity index (χ0) is 19.5. The van der Waals surface area contributed by atoms with Gasteiger partial charge in [-0.15, -0.1) is 0 Å². The van der Waals surface area contributed by atoms with Crippen molar-refractivity contribution in [1.82, 2.24) is 0 Å². The lowest BCUT2D eigenvalue weighted by atomic mass is 9.77. The molecule has 138 valence electrons. The summed E-state index contributed by atoms with van der Waals surface area (Å²) >= 11 is 0. The normalized spacial score (nSPS) is 14.2. The number of fused-ring (bicyclic) bond motifs is 3. The van der Waals surface area contributed by atoms with Crippen molar-refractivity contribution in [3.8, 4) is 11.1 Å². The highest BCUT2D eigenvalue weighted by Crippen LogP contribution is 2.51. The van der Waals surface area contributed by atoms with E-state index in [1.165, 1.54) is 33.4 Å². The Kier molecular flexibility index (Phi) is 4.46. The van der Waals surface area contributed by atoms with Gasteiger partial charge in [0.1, 0.15) is 0 Å². The first-order valence-electron chi connectivity index (χ1n) is 10.0. The first-order valence-corrected chi connectivity index (χ1v) is 10.0. The number of benzene rings is 4. The van der Waals surface area contributed by atoms with Crippen molar-refractivity contribution in [3.63, 3.8) is 0 Å². The van der Waals surface area contributed by atoms with Crippen LogP contribution in [0.1, 0.15) is 22.3 Å². The van der Waals surface area contributed by atoms with Crippen LogP contribution in [-0.2, 0) is 5.41 Å². The Bertz CT molecular complexity index is 1080. The van der Waals surface area contributed by atoms with Crippen LogP contribution in [0.15, 0.2) is 121 Å². The van der Waals surface area contributed by atoms with Crippen LogP contribution in [0.2, 0.25) is 0 Å². The second-order valence-electron chi connectivity index (χ2n) is 7.45. The zero-order valence-corrected chi connectivity index (χ0v) is 16.2. The average Bonchev–Trinajstić information content (AvgIpc) is 3.08. The summed E-state index contributed by atoms with van der Waals surface area (Å²) < 4.78 is 0. The van der Waals surface area contributed by atoms with Crippen LogP contribution in [0, 0.1) is 0 Å². The van der Waals surface area contributed by atoms with Crippen LogP contribution >= 0.6 is 0 Å². The average molecular weight is 370 g/mol. The lowest BCUT2D eigenvalue weighted by molar-refractivity contribution is 0.853. The minimum Gasteiger partial charge on any atom is -0.0652 e. The smallest absolute Gasteiger partial charge is 0.0581 e. The molecule has 5 rings (SSSR count). The third-order valence-electron chi connectivity index (χ3n) is 5.71. The Morgan fingerprint density at radius 3 is 1.24 bits per heavy atom. The highest BCUT2D eigenvalue weighted by atomic mass is 14.4. The van der Waals surface area contributed by atoms with Gasteiger partial charge in [-0.3, -0.25) is 0 Å². The van der Waals surface area contributed by atoms with Crippen LogP contribution in [-0.4, -0.2) is 0 Å². The van der Waals surface area contributed by atoms with Crippen LogP contribution in [0.5, 0.6) is 0 Å². The first kappa shape index (κ1) is 17.5. The first-order chi connectivity index (χ1) is 14.4. The van der Waals surface area contributed by atoms with Crippen molar-refractivity contribution in [1.29, 1.82) is 0 Å². The summed E-state index contributed by atoms with van der Waals surface area (Å²) in [4.78, 5) is 0. The molecule has 0 fully saturated rings. The molecule has 0 atom stereocenters. The Hall–Kier alpha value is -3.64. The van der Waals surface area contributed by atoms with E-state index in [-0.39, 0.29) is 5.41 Å². The van der Waals surface area contributed by atoms with E-state index < -0.39 is 0 Å². The van der Waals surface area contributed by atoms with Crippen molar-refractivity contribution < 1.29 is 0 Å². The summed E-state index contributed by atoms with van der Waals surface area (Å²) in [5, 5.41) is 0. The highest BCUT2D eigenvalue weighted by Gasteiger charge is 2.38. The summed E-state index contributed by atoms with van der Waals surface area (Å²) in [6.45, 7) is 0. The van der Waals surface area contributed by atoms with Crippen LogP contribution in [0.3, 0.4) is 0 Å². The second-order valence-corrected chi connectivity index (χ2v) is 7.45. The third-order valence-corrected chi connectivity index (χ3v) is 5.71. The van der Waals surface area contributed by atoms with E-state index in [0.717, 1.165) is 0 Å². The maximum absolute atomic E-state index is 2.35. The fourth-order valence-electron chi connectivity index (χ4n) is 4.30. The van der Waals surface area contributed by atoms with Gasteiger partial charge in [0.2, 0.25) is 0 Å². The van der Waals surface area contributed by atoms with Gasteiger partial charge in [0.05, 0.1) is 5.41 Å². The molecular formula is C29H22. The van der Waals surface area contributed by atoms with E-state index in [9.17, 15) is 0 Å². The van der Waals surface area contributed by atoms with Gasteiger partial charge in [-0.25, -0.2) is 0 Å². The topological polar surface area (TPSA) is 0 Å². The van der Waals surface area contributed by atoms with Gasteiger partial charge in [-0.05, 0) is 33.4 Å².